The van der Waals surface area contributed by atoms with E-state index >= 15 is 8.78 Å². The molecule has 1 aliphatic carbocycles. The fourth-order valence-corrected chi connectivity index (χ4v) is 7.10. The van der Waals surface area contributed by atoms with E-state index in [1.165, 1.54) is 0 Å². The van der Waals surface area contributed by atoms with Crippen LogP contribution in [0.3, 0.4) is 0 Å². The number of aliphatic hydroxyl groups is 1. The number of hydrogen-bond donors (Lipinski definition) is 2. The summed E-state index contributed by atoms with van der Waals surface area (Å²) in [5.74, 6) is -3.40. The quantitative estimate of drug-likeness (QED) is 0.299. The normalized spacial score (nSPS) is 19.8. The molecule has 2 aliphatic heterocycles. The van der Waals surface area contributed by atoms with Crippen LogP contribution >= 0.6 is 0 Å². The minimum Gasteiger partial charge on any atom is -0.492 e. The van der Waals surface area contributed by atoms with E-state index in [2.05, 4.69) is 9.88 Å². The van der Waals surface area contributed by atoms with E-state index < -0.39 is 50.8 Å². The number of β-amino-alcohol motifs (C(OH)–C–C–N with tert-alkyl or cyclic N) is 1. The molecule has 1 aromatic carbocycles. The summed E-state index contributed by atoms with van der Waals surface area (Å²) < 4.78 is 76.8. The number of pyridine rings is 1. The average Bonchev–Trinajstić information content (AvgIpc) is 3.86. The molecule has 1 aromatic heterocycles. The highest BCUT2D eigenvalue weighted by molar-refractivity contribution is 7.87. The lowest BCUT2D eigenvalue weighted by molar-refractivity contribution is -0.0663. The second-order valence-electron chi connectivity index (χ2n) is 13.4. The maximum absolute atomic E-state index is 15.1. The Bertz CT molecular complexity index is 1470. The molecule has 260 valence electrons. The first-order valence-corrected chi connectivity index (χ1v) is 17.9. The maximum Gasteiger partial charge on any atom is 0.304 e. The third-order valence-corrected chi connectivity index (χ3v) is 10.2. The van der Waals surface area contributed by atoms with Crippen LogP contribution in [0.2, 0.25) is 0 Å². The summed E-state index contributed by atoms with van der Waals surface area (Å²) >= 11 is 0. The number of hydrogen-bond acceptors (Lipinski definition) is 9. The summed E-state index contributed by atoms with van der Waals surface area (Å²) in [5, 5.41) is 10.0. The number of carbonyl (C=O) groups excluding carboxylic acids is 1. The maximum atomic E-state index is 15.1. The fourth-order valence-electron chi connectivity index (χ4n) is 5.94. The highest BCUT2D eigenvalue weighted by Gasteiger charge is 2.33. The Kier molecular flexibility index (Phi) is 11.4. The Morgan fingerprint density at radius 3 is 2.26 bits per heavy atom. The van der Waals surface area contributed by atoms with Gasteiger partial charge in [0.05, 0.1) is 41.9 Å². The molecule has 11 nitrogen and oxygen atoms in total. The third-order valence-electron chi connectivity index (χ3n) is 8.70. The summed E-state index contributed by atoms with van der Waals surface area (Å²) in [5.41, 5.74) is -1.01. The van der Waals surface area contributed by atoms with Crippen molar-refractivity contribution in [1.82, 2.24) is 18.9 Å². The van der Waals surface area contributed by atoms with Gasteiger partial charge in [-0.3, -0.25) is 9.78 Å². The lowest BCUT2D eigenvalue weighted by Gasteiger charge is -2.38. The SMILES string of the molecule is CC[C@@H](Oc1ccc(C(=O)NS(=O)(=O)N2CCC(OC3CCN(CC(C)(C)O)CC3)CC2)c(F)c1F)c1ccc(OCC2CC2)cn1. The van der Waals surface area contributed by atoms with E-state index in [1.807, 2.05) is 11.6 Å². The minimum absolute atomic E-state index is 0.0614. The molecule has 1 saturated carbocycles. The van der Waals surface area contributed by atoms with Crippen LogP contribution in [0.4, 0.5) is 8.78 Å². The summed E-state index contributed by atoms with van der Waals surface area (Å²) in [6.45, 7) is 8.49. The van der Waals surface area contributed by atoms with Gasteiger partial charge in [-0.2, -0.15) is 17.1 Å². The van der Waals surface area contributed by atoms with E-state index in [1.54, 1.807) is 32.2 Å². The Morgan fingerprint density at radius 1 is 1.02 bits per heavy atom. The van der Waals surface area contributed by atoms with Crippen LogP contribution in [0, 0.1) is 17.6 Å². The van der Waals surface area contributed by atoms with Crippen molar-refractivity contribution >= 4 is 16.1 Å². The fraction of sp³-hybridized carbons (Fsp3) is 0.636. The van der Waals surface area contributed by atoms with E-state index in [9.17, 15) is 18.3 Å². The van der Waals surface area contributed by atoms with Crippen LogP contribution in [0.25, 0.3) is 0 Å². The van der Waals surface area contributed by atoms with Gasteiger partial charge in [0.25, 0.3) is 5.91 Å². The van der Waals surface area contributed by atoms with Crippen LogP contribution in [0.15, 0.2) is 30.5 Å². The van der Waals surface area contributed by atoms with Crippen LogP contribution in [0.5, 0.6) is 11.5 Å². The van der Waals surface area contributed by atoms with Gasteiger partial charge in [0.15, 0.2) is 11.6 Å². The van der Waals surface area contributed by atoms with Crippen molar-refractivity contribution in [1.29, 1.82) is 0 Å². The molecule has 1 atom stereocenters. The molecule has 1 amide bonds. The summed E-state index contributed by atoms with van der Waals surface area (Å²) in [6.07, 6.45) is 6.08. The smallest absolute Gasteiger partial charge is 0.304 e. The molecule has 47 heavy (non-hydrogen) atoms. The molecule has 0 spiro atoms. The highest BCUT2D eigenvalue weighted by Crippen LogP contribution is 2.31. The number of aromatic nitrogens is 1. The number of piperidine rings is 2. The Labute approximate surface area is 275 Å². The molecular formula is C33H46F2N4O7S. The molecule has 2 N–H and O–H groups in total. The molecule has 14 heteroatoms. The number of amides is 1. The lowest BCUT2D eigenvalue weighted by atomic mass is 10.0. The number of carbonyl (C=O) groups is 1. The van der Waals surface area contributed by atoms with Gasteiger partial charge in [-0.15, -0.1) is 0 Å². The van der Waals surface area contributed by atoms with Gasteiger partial charge in [-0.1, -0.05) is 6.92 Å². The summed E-state index contributed by atoms with van der Waals surface area (Å²) in [4.78, 5) is 19.4. The standard InChI is InChI=1S/C33H46F2N4O7S/c1-4-28(27-9-7-25(19-36-27)44-20-22-5-6-22)46-29-10-8-26(30(34)31(29)35)32(40)37-47(42,43)39-17-13-24(14-18-39)45-23-11-15-38(16-12-23)21-33(2,3)41/h7-10,19,22-24,28,41H,4-6,11-18,20-21H2,1-3H3,(H,37,40)/t28-/m1/s1. The molecule has 3 fully saturated rings. The van der Waals surface area contributed by atoms with Crippen molar-refractivity contribution in [3.05, 3.63) is 53.4 Å². The first kappa shape index (κ1) is 35.4. The van der Waals surface area contributed by atoms with Gasteiger partial charge in [0.2, 0.25) is 5.82 Å². The van der Waals surface area contributed by atoms with Crippen LogP contribution < -0.4 is 14.2 Å². The van der Waals surface area contributed by atoms with Crippen molar-refractivity contribution in [2.75, 3.05) is 39.3 Å². The first-order valence-electron chi connectivity index (χ1n) is 16.5. The van der Waals surface area contributed by atoms with Gasteiger partial charge >= 0.3 is 10.2 Å². The molecule has 0 radical (unpaired) electrons. The van der Waals surface area contributed by atoms with E-state index in [-0.39, 0.29) is 25.3 Å². The zero-order valence-electron chi connectivity index (χ0n) is 27.3. The minimum atomic E-state index is -4.31. The number of rotatable bonds is 14. The molecule has 3 aliphatic rings. The second-order valence-corrected chi connectivity index (χ2v) is 15.1. The number of nitrogens with zero attached hydrogens (tertiary/aromatic N) is 3. The Balaban J connectivity index is 1.11. The number of benzene rings is 1. The van der Waals surface area contributed by atoms with E-state index in [0.717, 1.165) is 55.2 Å². The van der Waals surface area contributed by atoms with Crippen molar-refractivity contribution in [2.45, 2.75) is 89.6 Å². The predicted molar refractivity (Wildman–Crippen MR) is 170 cm³/mol. The Morgan fingerprint density at radius 2 is 1.68 bits per heavy atom. The van der Waals surface area contributed by atoms with E-state index in [4.69, 9.17) is 14.2 Å². The topological polar surface area (TPSA) is 131 Å². The van der Waals surface area contributed by atoms with Gasteiger partial charge in [0.1, 0.15) is 11.9 Å². The van der Waals surface area contributed by atoms with Gasteiger partial charge in [0, 0.05) is 32.7 Å². The molecule has 3 heterocycles. The molecule has 0 unspecified atom stereocenters. The molecule has 2 saturated heterocycles. The van der Waals surface area contributed by atoms with Crippen molar-refractivity contribution in [3.63, 3.8) is 0 Å². The average molecular weight is 681 g/mol. The van der Waals surface area contributed by atoms with Crippen LogP contribution in [0.1, 0.15) is 87.9 Å². The third kappa shape index (κ3) is 9.82. The number of likely N-dealkylation sites (tertiary alicyclic amines) is 1. The number of nitrogens with one attached hydrogen (secondary N) is 1. The zero-order valence-corrected chi connectivity index (χ0v) is 28.1. The number of halogens is 2. The largest absolute Gasteiger partial charge is 0.492 e. The molecule has 5 rings (SSSR count). The van der Waals surface area contributed by atoms with Crippen LogP contribution in [-0.2, 0) is 14.9 Å². The summed E-state index contributed by atoms with van der Waals surface area (Å²) in [7, 11) is -4.31. The molecule has 0 bridgehead atoms. The molecule has 2 aromatic rings. The second kappa shape index (κ2) is 15.1. The van der Waals surface area contributed by atoms with Crippen molar-refractivity contribution in [3.8, 4) is 11.5 Å². The Hall–Kier alpha value is -2.91. The highest BCUT2D eigenvalue weighted by atomic mass is 32.2. The van der Waals surface area contributed by atoms with Gasteiger partial charge < -0.3 is 24.2 Å². The van der Waals surface area contributed by atoms with Gasteiger partial charge in [-0.25, -0.2) is 9.11 Å². The lowest BCUT2D eigenvalue weighted by Crippen LogP contribution is -2.49. The van der Waals surface area contributed by atoms with Crippen molar-refractivity contribution in [2.24, 2.45) is 5.92 Å². The van der Waals surface area contributed by atoms with Gasteiger partial charge in [-0.05, 0) is 89.0 Å². The number of ether oxygens (including phenoxy) is 3. The first-order chi connectivity index (χ1) is 22.3. The zero-order chi connectivity index (χ0) is 33.8. The van der Waals surface area contributed by atoms with Crippen LogP contribution in [-0.4, -0.2) is 90.8 Å². The van der Waals surface area contributed by atoms with E-state index in [0.29, 0.717) is 49.8 Å². The monoisotopic (exact) mass is 680 g/mol. The molecular weight excluding hydrogens is 634 g/mol. The predicted octanol–water partition coefficient (Wildman–Crippen LogP) is 4.37. The summed E-state index contributed by atoms with van der Waals surface area (Å²) in [6, 6.07) is 5.56. The van der Waals surface area contributed by atoms with Crippen molar-refractivity contribution < 1.29 is 41.3 Å².